The number of carbonyl (C=O) groups is 1. The Hall–Kier alpha value is -0.630. The lowest BCUT2D eigenvalue weighted by atomic mass is 10.1. The van der Waals surface area contributed by atoms with Gasteiger partial charge in [-0.15, -0.1) is 0 Å². The van der Waals surface area contributed by atoms with Crippen molar-refractivity contribution in [3.8, 4) is 0 Å². The summed E-state index contributed by atoms with van der Waals surface area (Å²) < 4.78 is 0. The van der Waals surface area contributed by atoms with Gasteiger partial charge in [0.05, 0.1) is 6.10 Å². The molecule has 0 radical (unpaired) electrons. The molecule has 2 heteroatoms. The zero-order chi connectivity index (χ0) is 6.85. The molecule has 2 nitrogen and oxygen atoms in total. The minimum atomic E-state index is -0.484. The molecular weight excluding hydrogens is 116 g/mol. The number of allylic oxidation sites excluding steroid dienone is 1. The van der Waals surface area contributed by atoms with Crippen LogP contribution in [0.4, 0.5) is 0 Å². The first-order valence-electron chi connectivity index (χ1n) is 3.11. The van der Waals surface area contributed by atoms with Crippen LogP contribution in [0, 0.1) is 0 Å². The quantitative estimate of drug-likeness (QED) is 0.560. The van der Waals surface area contributed by atoms with Crippen LogP contribution in [0.25, 0.3) is 0 Å². The fraction of sp³-hybridized carbons (Fsp3) is 0.571. The maximum Gasteiger partial charge on any atom is 0.158 e. The number of aliphatic hydroxyl groups is 1. The number of rotatable bonds is 1. The molecule has 0 amide bonds. The van der Waals surface area contributed by atoms with Crippen LogP contribution < -0.4 is 0 Å². The van der Waals surface area contributed by atoms with E-state index in [4.69, 9.17) is 5.11 Å². The van der Waals surface area contributed by atoms with Gasteiger partial charge in [-0.05, 0) is 19.8 Å². The average molecular weight is 126 g/mol. The third kappa shape index (κ3) is 1.19. The largest absolute Gasteiger partial charge is 0.388 e. The molecule has 0 aromatic rings. The Morgan fingerprint density at radius 3 is 2.78 bits per heavy atom. The number of carbonyl (C=O) groups excluding carboxylic acids is 1. The minimum absolute atomic E-state index is 0.000000000000000444. The Balaban J connectivity index is 2.68. The molecule has 1 atom stereocenters. The fourth-order valence-electron chi connectivity index (χ4n) is 1.07. The van der Waals surface area contributed by atoms with Gasteiger partial charge in [0, 0.05) is 5.57 Å². The van der Waals surface area contributed by atoms with Crippen molar-refractivity contribution in [1.29, 1.82) is 0 Å². The number of aliphatic hydroxyl groups excluding tert-OH is 1. The lowest BCUT2D eigenvalue weighted by Crippen LogP contribution is -2.10. The molecule has 1 aliphatic carbocycles. The van der Waals surface area contributed by atoms with Crippen molar-refractivity contribution in [3.05, 3.63) is 11.6 Å². The van der Waals surface area contributed by atoms with Gasteiger partial charge in [0.2, 0.25) is 0 Å². The summed E-state index contributed by atoms with van der Waals surface area (Å²) in [5, 5.41) is 9.07. The summed E-state index contributed by atoms with van der Waals surface area (Å²) in [5.74, 6) is 0.000000000000000444. The summed E-state index contributed by atoms with van der Waals surface area (Å²) >= 11 is 0. The van der Waals surface area contributed by atoms with Gasteiger partial charge in [0.25, 0.3) is 0 Å². The maximum absolute atomic E-state index is 10.6. The predicted octanol–water partition coefficient (Wildman–Crippen LogP) is 0.656. The molecule has 0 heterocycles. The summed E-state index contributed by atoms with van der Waals surface area (Å²) in [6.45, 7) is 1.49. The summed E-state index contributed by atoms with van der Waals surface area (Å²) in [5.41, 5.74) is 0.593. The van der Waals surface area contributed by atoms with E-state index in [0.717, 1.165) is 12.8 Å². The summed E-state index contributed by atoms with van der Waals surface area (Å²) in [6, 6.07) is 0. The van der Waals surface area contributed by atoms with E-state index < -0.39 is 6.10 Å². The van der Waals surface area contributed by atoms with Crippen LogP contribution in [0.2, 0.25) is 0 Å². The van der Waals surface area contributed by atoms with Crippen molar-refractivity contribution < 1.29 is 9.90 Å². The number of hydrogen-bond acceptors (Lipinski definition) is 2. The first-order chi connectivity index (χ1) is 4.22. The van der Waals surface area contributed by atoms with E-state index in [2.05, 4.69) is 0 Å². The summed E-state index contributed by atoms with van der Waals surface area (Å²) in [7, 11) is 0. The van der Waals surface area contributed by atoms with E-state index in [0.29, 0.717) is 5.57 Å². The van der Waals surface area contributed by atoms with Crippen LogP contribution in [-0.4, -0.2) is 17.0 Å². The Kier molecular flexibility index (Phi) is 1.67. The van der Waals surface area contributed by atoms with Crippen LogP contribution in [0.5, 0.6) is 0 Å². The predicted molar refractivity (Wildman–Crippen MR) is 34.0 cm³/mol. The molecule has 0 aromatic carbocycles. The van der Waals surface area contributed by atoms with Crippen LogP contribution in [0.1, 0.15) is 19.8 Å². The van der Waals surface area contributed by atoms with E-state index in [1.54, 1.807) is 0 Å². The van der Waals surface area contributed by atoms with Gasteiger partial charge in [-0.3, -0.25) is 4.79 Å². The molecule has 0 aromatic heterocycles. The van der Waals surface area contributed by atoms with Crippen LogP contribution in [0.3, 0.4) is 0 Å². The highest BCUT2D eigenvalue weighted by Gasteiger charge is 2.18. The van der Waals surface area contributed by atoms with Gasteiger partial charge in [0.1, 0.15) is 0 Å². The fourth-order valence-corrected chi connectivity index (χ4v) is 1.07. The van der Waals surface area contributed by atoms with Gasteiger partial charge >= 0.3 is 0 Å². The lowest BCUT2D eigenvalue weighted by Gasteiger charge is -2.01. The Labute approximate surface area is 54.2 Å². The topological polar surface area (TPSA) is 37.3 Å². The standard InChI is InChI=1S/C7H10O2/c1-5(8)6-3-2-4-7(6)9/h3,7,9H,2,4H2,1H3/t7-/m0/s1. The van der Waals surface area contributed by atoms with E-state index >= 15 is 0 Å². The molecule has 9 heavy (non-hydrogen) atoms. The minimum Gasteiger partial charge on any atom is -0.388 e. The van der Waals surface area contributed by atoms with Crippen molar-refractivity contribution in [2.24, 2.45) is 0 Å². The van der Waals surface area contributed by atoms with Gasteiger partial charge < -0.3 is 5.11 Å². The number of hydrogen-bond donors (Lipinski definition) is 1. The van der Waals surface area contributed by atoms with Crippen molar-refractivity contribution in [2.75, 3.05) is 0 Å². The van der Waals surface area contributed by atoms with Crippen LogP contribution >= 0.6 is 0 Å². The third-order valence-corrected chi connectivity index (χ3v) is 1.57. The second-order valence-electron chi connectivity index (χ2n) is 2.31. The van der Waals surface area contributed by atoms with Crippen LogP contribution in [0.15, 0.2) is 11.6 Å². The molecule has 1 N–H and O–H groups in total. The smallest absolute Gasteiger partial charge is 0.158 e. The van der Waals surface area contributed by atoms with Gasteiger partial charge in [-0.1, -0.05) is 6.08 Å². The molecule has 0 unspecified atom stereocenters. The molecule has 1 aliphatic rings. The first kappa shape index (κ1) is 6.49. The highest BCUT2D eigenvalue weighted by atomic mass is 16.3. The van der Waals surface area contributed by atoms with Crippen molar-refractivity contribution in [2.45, 2.75) is 25.9 Å². The second kappa shape index (κ2) is 2.31. The second-order valence-corrected chi connectivity index (χ2v) is 2.31. The van der Waals surface area contributed by atoms with E-state index in [1.807, 2.05) is 6.08 Å². The zero-order valence-electron chi connectivity index (χ0n) is 5.42. The maximum atomic E-state index is 10.6. The monoisotopic (exact) mass is 126 g/mol. The van der Waals surface area contributed by atoms with E-state index in [-0.39, 0.29) is 5.78 Å². The van der Waals surface area contributed by atoms with Crippen molar-refractivity contribution >= 4 is 5.78 Å². The van der Waals surface area contributed by atoms with Gasteiger partial charge in [-0.2, -0.15) is 0 Å². The van der Waals surface area contributed by atoms with E-state index in [1.165, 1.54) is 6.92 Å². The summed E-state index contributed by atoms with van der Waals surface area (Å²) in [4.78, 5) is 10.6. The van der Waals surface area contributed by atoms with Crippen molar-refractivity contribution in [3.63, 3.8) is 0 Å². The molecule has 0 bridgehead atoms. The first-order valence-corrected chi connectivity index (χ1v) is 3.11. The summed E-state index contributed by atoms with van der Waals surface area (Å²) in [6.07, 6.45) is 2.89. The normalized spacial score (nSPS) is 26.0. The van der Waals surface area contributed by atoms with E-state index in [9.17, 15) is 4.79 Å². The highest BCUT2D eigenvalue weighted by Crippen LogP contribution is 2.18. The average Bonchev–Trinajstić information content (AvgIpc) is 2.13. The van der Waals surface area contributed by atoms with Crippen LogP contribution in [-0.2, 0) is 4.79 Å². The SMILES string of the molecule is CC(=O)C1=CCC[C@@H]1O. The Bertz CT molecular complexity index is 158. The lowest BCUT2D eigenvalue weighted by molar-refractivity contribution is -0.114. The molecule has 0 saturated heterocycles. The Morgan fingerprint density at radius 1 is 1.89 bits per heavy atom. The third-order valence-electron chi connectivity index (χ3n) is 1.57. The van der Waals surface area contributed by atoms with Gasteiger partial charge in [0.15, 0.2) is 5.78 Å². The zero-order valence-corrected chi connectivity index (χ0v) is 5.42. The highest BCUT2D eigenvalue weighted by molar-refractivity contribution is 5.94. The molecule has 0 aliphatic heterocycles. The molecule has 50 valence electrons. The molecular formula is C7H10O2. The molecule has 0 spiro atoms. The molecule has 0 fully saturated rings. The molecule has 0 saturated carbocycles. The number of ketones is 1. The molecule has 1 rings (SSSR count). The number of Topliss-reactive ketones (excluding diaryl/α,β-unsaturated/α-hetero) is 1. The Morgan fingerprint density at radius 2 is 2.56 bits per heavy atom. The van der Waals surface area contributed by atoms with Gasteiger partial charge in [-0.25, -0.2) is 0 Å². The van der Waals surface area contributed by atoms with Crippen molar-refractivity contribution in [1.82, 2.24) is 0 Å².